The quantitative estimate of drug-likeness (QED) is 0.650. The van der Waals surface area contributed by atoms with Crippen molar-refractivity contribution in [3.63, 3.8) is 0 Å². The smallest absolute Gasteiger partial charge is 0.246 e. The van der Waals surface area contributed by atoms with Crippen molar-refractivity contribution in [1.29, 1.82) is 0 Å². The Morgan fingerprint density at radius 3 is 2.69 bits per heavy atom. The molecule has 0 radical (unpaired) electrons. The van der Waals surface area contributed by atoms with Crippen LogP contribution in [0.4, 0.5) is 5.69 Å². The van der Waals surface area contributed by atoms with Crippen LogP contribution in [-0.4, -0.2) is 30.1 Å². The molecule has 1 aromatic heterocycles. The Morgan fingerprint density at radius 2 is 1.96 bits per heavy atom. The lowest BCUT2D eigenvalue weighted by molar-refractivity contribution is 0.101. The maximum atomic E-state index is 11.7. The number of rotatable bonds is 7. The fraction of sp³-hybridized carbons (Fsp3) is 0.211. The van der Waals surface area contributed by atoms with Crippen LogP contribution in [0.2, 0.25) is 0 Å². The van der Waals surface area contributed by atoms with Gasteiger partial charge in [0.1, 0.15) is 11.5 Å². The molecule has 1 heterocycles. The summed E-state index contributed by atoms with van der Waals surface area (Å²) in [5.41, 5.74) is 2.04. The van der Waals surface area contributed by atoms with Crippen LogP contribution < -0.4 is 14.8 Å². The third kappa shape index (κ3) is 3.66. The van der Waals surface area contributed by atoms with Gasteiger partial charge in [-0.05, 0) is 31.2 Å². The number of methoxy groups -OCH3 is 2. The number of carbonyl (C=O) groups excluding carboxylic acids is 1. The summed E-state index contributed by atoms with van der Waals surface area (Å²) in [7, 11) is 3.16. The maximum Gasteiger partial charge on any atom is 0.246 e. The number of ketones is 1. The van der Waals surface area contributed by atoms with Crippen LogP contribution in [0.15, 0.2) is 47.0 Å². The zero-order valence-electron chi connectivity index (χ0n) is 14.8. The van der Waals surface area contributed by atoms with E-state index in [0.717, 1.165) is 5.69 Å². The molecular weight excluding hydrogens is 334 g/mol. The number of aromatic nitrogens is 2. The molecule has 0 amide bonds. The summed E-state index contributed by atoms with van der Waals surface area (Å²) >= 11 is 0. The van der Waals surface area contributed by atoms with Crippen molar-refractivity contribution < 1.29 is 18.8 Å². The molecular formula is C19H19N3O4. The minimum Gasteiger partial charge on any atom is -0.497 e. The van der Waals surface area contributed by atoms with Gasteiger partial charge >= 0.3 is 0 Å². The molecule has 0 fully saturated rings. The van der Waals surface area contributed by atoms with Gasteiger partial charge in [0.25, 0.3) is 0 Å². The van der Waals surface area contributed by atoms with Crippen molar-refractivity contribution in [2.45, 2.75) is 13.5 Å². The second-order valence-corrected chi connectivity index (χ2v) is 5.53. The number of nitrogens with zero attached hydrogens (tertiary/aromatic N) is 2. The highest BCUT2D eigenvalue weighted by atomic mass is 16.5. The number of hydrogen-bond acceptors (Lipinski definition) is 7. The van der Waals surface area contributed by atoms with E-state index in [0.29, 0.717) is 40.9 Å². The molecule has 3 aromatic rings. The van der Waals surface area contributed by atoms with E-state index in [1.807, 2.05) is 24.3 Å². The second kappa shape index (κ2) is 7.69. The van der Waals surface area contributed by atoms with Gasteiger partial charge in [-0.15, -0.1) is 0 Å². The van der Waals surface area contributed by atoms with Gasteiger partial charge in [-0.1, -0.05) is 17.3 Å². The van der Waals surface area contributed by atoms with E-state index < -0.39 is 0 Å². The van der Waals surface area contributed by atoms with E-state index in [1.54, 1.807) is 32.4 Å². The summed E-state index contributed by atoms with van der Waals surface area (Å²) in [6.07, 6.45) is 0. The van der Waals surface area contributed by atoms with E-state index in [-0.39, 0.29) is 5.78 Å². The lowest BCUT2D eigenvalue weighted by Gasteiger charge is -2.08. The van der Waals surface area contributed by atoms with E-state index in [4.69, 9.17) is 14.0 Å². The largest absolute Gasteiger partial charge is 0.497 e. The molecule has 7 heteroatoms. The summed E-state index contributed by atoms with van der Waals surface area (Å²) in [6, 6.07) is 12.7. The predicted octanol–water partition coefficient (Wildman–Crippen LogP) is 3.57. The molecule has 134 valence electrons. The monoisotopic (exact) mass is 353 g/mol. The highest BCUT2D eigenvalue weighted by Crippen LogP contribution is 2.31. The summed E-state index contributed by atoms with van der Waals surface area (Å²) < 4.78 is 15.9. The molecule has 0 unspecified atom stereocenters. The summed E-state index contributed by atoms with van der Waals surface area (Å²) in [4.78, 5) is 16.1. The van der Waals surface area contributed by atoms with Crippen LogP contribution >= 0.6 is 0 Å². The Morgan fingerprint density at radius 1 is 1.15 bits per heavy atom. The number of nitrogens with one attached hydrogen (secondary N) is 1. The molecule has 26 heavy (non-hydrogen) atoms. The molecule has 7 nitrogen and oxygen atoms in total. The standard InChI is InChI=1S/C19H19N3O4/c1-12(23)14-6-4-5-7-16(14)20-11-18-21-19(22-26-18)15-9-8-13(24-2)10-17(15)25-3/h4-10,20H,11H2,1-3H3. The number of ether oxygens (including phenoxy) is 2. The molecule has 1 N–H and O–H groups in total. The lowest BCUT2D eigenvalue weighted by Crippen LogP contribution is -2.05. The van der Waals surface area contributed by atoms with Gasteiger partial charge in [0.2, 0.25) is 11.7 Å². The molecule has 0 spiro atoms. The molecule has 2 aromatic carbocycles. The van der Waals surface area contributed by atoms with E-state index >= 15 is 0 Å². The van der Waals surface area contributed by atoms with Crippen molar-refractivity contribution >= 4 is 11.5 Å². The van der Waals surface area contributed by atoms with Gasteiger partial charge in [-0.3, -0.25) is 4.79 Å². The third-order valence-corrected chi connectivity index (χ3v) is 3.85. The average Bonchev–Trinajstić information content (AvgIpc) is 3.14. The van der Waals surface area contributed by atoms with Crippen molar-refractivity contribution in [1.82, 2.24) is 10.1 Å². The van der Waals surface area contributed by atoms with Crippen LogP contribution in [0.25, 0.3) is 11.4 Å². The van der Waals surface area contributed by atoms with Crippen molar-refractivity contribution in [2.75, 3.05) is 19.5 Å². The summed E-state index contributed by atoms with van der Waals surface area (Å²) in [5, 5.41) is 7.16. The Bertz CT molecular complexity index is 921. The first-order chi connectivity index (χ1) is 12.6. The molecule has 0 bridgehead atoms. The second-order valence-electron chi connectivity index (χ2n) is 5.53. The topological polar surface area (TPSA) is 86.5 Å². The Balaban J connectivity index is 1.78. The van der Waals surface area contributed by atoms with Crippen LogP contribution in [0.5, 0.6) is 11.5 Å². The molecule has 3 rings (SSSR count). The molecule has 0 aliphatic heterocycles. The first-order valence-corrected chi connectivity index (χ1v) is 8.01. The minimum atomic E-state index is -0.0118. The van der Waals surface area contributed by atoms with E-state index in [2.05, 4.69) is 15.5 Å². The normalized spacial score (nSPS) is 10.4. The van der Waals surface area contributed by atoms with E-state index in [1.165, 1.54) is 6.92 Å². The average molecular weight is 353 g/mol. The highest BCUT2D eigenvalue weighted by Gasteiger charge is 2.15. The Hall–Kier alpha value is -3.35. The number of Topliss-reactive ketones (excluding diaryl/α,β-unsaturated/α-hetero) is 1. The molecule has 0 saturated carbocycles. The highest BCUT2D eigenvalue weighted by molar-refractivity contribution is 5.99. The Kier molecular flexibility index (Phi) is 5.17. The molecule has 0 saturated heterocycles. The van der Waals surface area contributed by atoms with Crippen molar-refractivity contribution in [3.05, 3.63) is 53.9 Å². The van der Waals surface area contributed by atoms with Gasteiger partial charge in [0, 0.05) is 17.3 Å². The summed E-state index contributed by atoms with van der Waals surface area (Å²) in [5.74, 6) is 2.07. The third-order valence-electron chi connectivity index (χ3n) is 3.85. The van der Waals surface area contributed by atoms with Crippen molar-refractivity contribution in [2.24, 2.45) is 0 Å². The number of para-hydroxylation sites is 1. The Labute approximate surface area is 150 Å². The summed E-state index contributed by atoms with van der Waals surface area (Å²) in [6.45, 7) is 1.83. The van der Waals surface area contributed by atoms with Crippen LogP contribution in [-0.2, 0) is 6.54 Å². The SMILES string of the molecule is COc1ccc(-c2noc(CNc3ccccc3C(C)=O)n2)c(OC)c1. The van der Waals surface area contributed by atoms with Crippen LogP contribution in [0.3, 0.4) is 0 Å². The number of carbonyl (C=O) groups is 1. The van der Waals surface area contributed by atoms with Crippen LogP contribution in [0, 0.1) is 0 Å². The van der Waals surface area contributed by atoms with Gasteiger partial charge in [0.15, 0.2) is 5.78 Å². The number of anilines is 1. The minimum absolute atomic E-state index is 0.0118. The first kappa shape index (κ1) is 17.5. The molecule has 0 aliphatic carbocycles. The lowest BCUT2D eigenvalue weighted by atomic mass is 10.1. The van der Waals surface area contributed by atoms with Crippen molar-refractivity contribution in [3.8, 4) is 22.9 Å². The van der Waals surface area contributed by atoms with Gasteiger partial charge in [0.05, 0.1) is 26.3 Å². The van der Waals surface area contributed by atoms with Gasteiger partial charge in [-0.2, -0.15) is 4.98 Å². The number of hydrogen-bond donors (Lipinski definition) is 1. The maximum absolute atomic E-state index is 11.7. The van der Waals surface area contributed by atoms with Gasteiger partial charge < -0.3 is 19.3 Å². The zero-order chi connectivity index (χ0) is 18.5. The number of benzene rings is 2. The fourth-order valence-electron chi connectivity index (χ4n) is 2.53. The first-order valence-electron chi connectivity index (χ1n) is 8.01. The zero-order valence-corrected chi connectivity index (χ0v) is 14.8. The molecule has 0 atom stereocenters. The predicted molar refractivity (Wildman–Crippen MR) is 96.6 cm³/mol. The molecule has 0 aliphatic rings. The van der Waals surface area contributed by atoms with Gasteiger partial charge in [-0.25, -0.2) is 0 Å². The van der Waals surface area contributed by atoms with E-state index in [9.17, 15) is 4.79 Å². The fourth-order valence-corrected chi connectivity index (χ4v) is 2.53. The van der Waals surface area contributed by atoms with Crippen LogP contribution in [0.1, 0.15) is 23.2 Å².